The molecule has 3 unspecified atom stereocenters. The molecule has 2 saturated carbocycles. The highest BCUT2D eigenvalue weighted by atomic mass is 16.5. The van der Waals surface area contributed by atoms with E-state index < -0.39 is 0 Å². The van der Waals surface area contributed by atoms with Crippen molar-refractivity contribution in [2.45, 2.75) is 58.8 Å². The summed E-state index contributed by atoms with van der Waals surface area (Å²) >= 11 is 0. The normalized spacial score (nSPS) is 40.6. The third kappa shape index (κ3) is 2.77. The Balaban J connectivity index is 1.80. The van der Waals surface area contributed by atoms with E-state index in [0.717, 1.165) is 37.7 Å². The van der Waals surface area contributed by atoms with Crippen molar-refractivity contribution in [2.75, 3.05) is 13.2 Å². The van der Waals surface area contributed by atoms with E-state index >= 15 is 0 Å². The van der Waals surface area contributed by atoms with Crippen molar-refractivity contribution < 1.29 is 14.6 Å². The van der Waals surface area contributed by atoms with E-state index in [4.69, 9.17) is 4.74 Å². The number of rotatable bonds is 4. The van der Waals surface area contributed by atoms with Crippen LogP contribution in [-0.4, -0.2) is 24.3 Å². The van der Waals surface area contributed by atoms with Gasteiger partial charge in [-0.1, -0.05) is 32.4 Å². The maximum atomic E-state index is 11.7. The van der Waals surface area contributed by atoms with E-state index in [1.54, 1.807) is 0 Å². The van der Waals surface area contributed by atoms with Gasteiger partial charge in [-0.25, -0.2) is 4.79 Å². The molecule has 128 valence electrons. The molecule has 1 N–H and O–H groups in total. The number of allylic oxidation sites excluding steroid dienone is 1. The number of cyclic esters (lactones) is 1. The molecule has 2 fully saturated rings. The maximum Gasteiger partial charge on any atom is 0.334 e. The Kier molecular flexibility index (Phi) is 4.43. The summed E-state index contributed by atoms with van der Waals surface area (Å²) in [5.41, 5.74) is 2.42. The highest BCUT2D eigenvalue weighted by molar-refractivity contribution is 5.90. The van der Waals surface area contributed by atoms with Crippen LogP contribution in [0.5, 0.6) is 0 Å². The Bertz CT molecular complexity index is 535. The molecule has 3 rings (SSSR count). The average Bonchev–Trinajstić information content (AvgIpc) is 2.91. The molecule has 1 aliphatic heterocycles. The van der Waals surface area contributed by atoms with Gasteiger partial charge in [0.15, 0.2) is 0 Å². The Labute approximate surface area is 139 Å². The van der Waals surface area contributed by atoms with Crippen molar-refractivity contribution in [3.63, 3.8) is 0 Å². The molecule has 2 aliphatic carbocycles. The Morgan fingerprint density at radius 3 is 2.83 bits per heavy atom. The summed E-state index contributed by atoms with van der Waals surface area (Å²) < 4.78 is 5.03. The SMILES string of the molecule is C=C1CCC2C(C)(CCC[C@@]2(C)CO)C1CCC1=CCOC1=O. The average molecular weight is 318 g/mol. The van der Waals surface area contributed by atoms with Gasteiger partial charge in [-0.05, 0) is 67.3 Å². The van der Waals surface area contributed by atoms with Gasteiger partial charge in [-0.3, -0.25) is 0 Å². The third-order valence-electron chi connectivity index (χ3n) is 7.01. The van der Waals surface area contributed by atoms with Crippen LogP contribution in [0, 0.1) is 22.7 Å². The highest BCUT2D eigenvalue weighted by Gasteiger charge is 2.54. The molecule has 0 saturated heterocycles. The second kappa shape index (κ2) is 6.08. The predicted molar refractivity (Wildman–Crippen MR) is 90.8 cm³/mol. The summed E-state index contributed by atoms with van der Waals surface area (Å²) in [6.07, 6.45) is 9.42. The summed E-state index contributed by atoms with van der Waals surface area (Å²) in [5.74, 6) is 0.854. The minimum atomic E-state index is -0.142. The van der Waals surface area contributed by atoms with Gasteiger partial charge in [-0.15, -0.1) is 0 Å². The number of aliphatic hydroxyl groups excluding tert-OH is 1. The van der Waals surface area contributed by atoms with Crippen LogP contribution >= 0.6 is 0 Å². The molecule has 3 aliphatic rings. The summed E-state index contributed by atoms with van der Waals surface area (Å²) in [6, 6.07) is 0. The largest absolute Gasteiger partial charge is 0.458 e. The van der Waals surface area contributed by atoms with Gasteiger partial charge < -0.3 is 9.84 Å². The number of carbonyl (C=O) groups is 1. The first kappa shape index (κ1) is 16.8. The zero-order valence-electron chi connectivity index (χ0n) is 14.6. The van der Waals surface area contributed by atoms with E-state index in [-0.39, 0.29) is 23.4 Å². The first-order valence-electron chi connectivity index (χ1n) is 9.05. The molecular formula is C20H30O3. The predicted octanol–water partition coefficient (Wildman–Crippen LogP) is 4.02. The Morgan fingerprint density at radius 2 is 2.17 bits per heavy atom. The van der Waals surface area contributed by atoms with Crippen molar-refractivity contribution in [1.29, 1.82) is 0 Å². The summed E-state index contributed by atoms with van der Waals surface area (Å²) in [7, 11) is 0. The fraction of sp³-hybridized carbons (Fsp3) is 0.750. The van der Waals surface area contributed by atoms with E-state index in [1.807, 2.05) is 6.08 Å². The molecule has 4 atom stereocenters. The van der Waals surface area contributed by atoms with Crippen molar-refractivity contribution in [2.24, 2.45) is 22.7 Å². The van der Waals surface area contributed by atoms with Crippen LogP contribution < -0.4 is 0 Å². The van der Waals surface area contributed by atoms with Crippen molar-refractivity contribution in [3.8, 4) is 0 Å². The van der Waals surface area contributed by atoms with Gasteiger partial charge in [0, 0.05) is 12.2 Å². The molecule has 0 spiro atoms. The van der Waals surface area contributed by atoms with Crippen LogP contribution in [-0.2, 0) is 9.53 Å². The van der Waals surface area contributed by atoms with Crippen LogP contribution in [0.1, 0.15) is 58.8 Å². The topological polar surface area (TPSA) is 46.5 Å². The van der Waals surface area contributed by atoms with Gasteiger partial charge in [-0.2, -0.15) is 0 Å². The molecule has 3 heteroatoms. The smallest absolute Gasteiger partial charge is 0.334 e. The van der Waals surface area contributed by atoms with Gasteiger partial charge in [0.2, 0.25) is 0 Å². The van der Waals surface area contributed by atoms with Crippen LogP contribution in [0.3, 0.4) is 0 Å². The molecule has 0 amide bonds. The lowest BCUT2D eigenvalue weighted by atomic mass is 9.47. The Hall–Kier alpha value is -1.09. The summed E-state index contributed by atoms with van der Waals surface area (Å²) in [4.78, 5) is 11.7. The molecular weight excluding hydrogens is 288 g/mol. The number of ether oxygens (including phenoxy) is 1. The van der Waals surface area contributed by atoms with Gasteiger partial charge in [0.1, 0.15) is 6.61 Å². The monoisotopic (exact) mass is 318 g/mol. The van der Waals surface area contributed by atoms with Crippen molar-refractivity contribution in [3.05, 3.63) is 23.8 Å². The fourth-order valence-electron chi connectivity index (χ4n) is 5.70. The zero-order chi connectivity index (χ0) is 16.7. The molecule has 0 bridgehead atoms. The minimum Gasteiger partial charge on any atom is -0.458 e. The number of hydrogen-bond acceptors (Lipinski definition) is 3. The van der Waals surface area contributed by atoms with E-state index in [1.165, 1.54) is 18.4 Å². The first-order chi connectivity index (χ1) is 10.9. The number of esters is 1. The second-order valence-electron chi connectivity index (χ2n) is 8.34. The lowest BCUT2D eigenvalue weighted by molar-refractivity contribution is -0.136. The molecule has 3 nitrogen and oxygen atoms in total. The summed E-state index contributed by atoms with van der Waals surface area (Å²) in [5, 5.41) is 10.0. The molecule has 0 aromatic carbocycles. The molecule has 0 aromatic heterocycles. The van der Waals surface area contributed by atoms with Crippen LogP contribution in [0.15, 0.2) is 23.8 Å². The quantitative estimate of drug-likeness (QED) is 0.629. The minimum absolute atomic E-state index is 0.0392. The number of fused-ring (bicyclic) bond motifs is 1. The highest BCUT2D eigenvalue weighted by Crippen LogP contribution is 2.61. The first-order valence-corrected chi connectivity index (χ1v) is 9.05. The van der Waals surface area contributed by atoms with Gasteiger partial charge in [0.25, 0.3) is 0 Å². The van der Waals surface area contributed by atoms with E-state index in [0.29, 0.717) is 18.4 Å². The van der Waals surface area contributed by atoms with E-state index in [9.17, 15) is 9.90 Å². The van der Waals surface area contributed by atoms with E-state index in [2.05, 4.69) is 20.4 Å². The number of hydrogen-bond donors (Lipinski definition) is 1. The second-order valence-corrected chi connectivity index (χ2v) is 8.34. The molecule has 0 radical (unpaired) electrons. The standard InChI is InChI=1S/C20H30O3/c1-14-5-8-17-19(2,13-21)10-4-11-20(17,3)16(14)7-6-15-9-12-23-18(15)22/h9,16-17,21H,1,4-8,10-13H2,2-3H3/t16?,17?,19-,20?/m0/s1. The third-order valence-corrected chi connectivity index (χ3v) is 7.01. The van der Waals surface area contributed by atoms with Gasteiger partial charge >= 0.3 is 5.97 Å². The fourth-order valence-corrected chi connectivity index (χ4v) is 5.70. The lowest BCUT2D eigenvalue weighted by Crippen LogP contribution is -2.51. The van der Waals surface area contributed by atoms with Crippen molar-refractivity contribution in [1.82, 2.24) is 0 Å². The lowest BCUT2D eigenvalue weighted by Gasteiger charge is -2.58. The van der Waals surface area contributed by atoms with Crippen LogP contribution in [0.2, 0.25) is 0 Å². The number of aliphatic hydroxyl groups is 1. The van der Waals surface area contributed by atoms with Gasteiger partial charge in [0.05, 0.1) is 0 Å². The molecule has 1 heterocycles. The molecule has 0 aromatic rings. The zero-order valence-corrected chi connectivity index (χ0v) is 14.6. The Morgan fingerprint density at radius 1 is 1.39 bits per heavy atom. The maximum absolute atomic E-state index is 11.7. The number of carbonyl (C=O) groups excluding carboxylic acids is 1. The molecule has 23 heavy (non-hydrogen) atoms. The summed E-state index contributed by atoms with van der Waals surface area (Å²) in [6.45, 7) is 9.75. The van der Waals surface area contributed by atoms with Crippen molar-refractivity contribution >= 4 is 5.97 Å². The van der Waals surface area contributed by atoms with Crippen LogP contribution in [0.4, 0.5) is 0 Å². The van der Waals surface area contributed by atoms with Crippen LogP contribution in [0.25, 0.3) is 0 Å².